The molecular weight excluding hydrogens is 395 g/mol. The molecule has 0 aliphatic carbocycles. The maximum Gasteiger partial charge on any atom is 0.230 e. The molecule has 156 valence electrons. The molecule has 1 aromatic heterocycles. The molecule has 7 heteroatoms. The van der Waals surface area contributed by atoms with Gasteiger partial charge in [0.05, 0.1) is 17.7 Å². The number of rotatable bonds is 4. The summed E-state index contributed by atoms with van der Waals surface area (Å²) in [6.07, 6.45) is 1.03. The van der Waals surface area contributed by atoms with E-state index in [1.165, 1.54) is 11.1 Å². The number of carbonyl (C=O) groups is 1. The van der Waals surface area contributed by atoms with Crippen LogP contribution in [0, 0.1) is 13.8 Å². The molecule has 0 spiro atoms. The smallest absolute Gasteiger partial charge is 0.230 e. The van der Waals surface area contributed by atoms with Crippen molar-refractivity contribution >= 4 is 30.7 Å². The number of benzene rings is 1. The Bertz CT molecular complexity index is 788. The molecule has 0 radical (unpaired) electrons. The zero-order valence-corrected chi connectivity index (χ0v) is 19.0. The van der Waals surface area contributed by atoms with Gasteiger partial charge >= 0.3 is 0 Å². The van der Waals surface area contributed by atoms with Gasteiger partial charge in [-0.3, -0.25) is 9.48 Å². The number of piperazine rings is 1. The number of amides is 1. The SMILES string of the molecule is CCc1ccc(C2CNCCN2C(=O)C(C)c2c(C)nn(C)c2C)cc1.Cl.Cl. The van der Waals surface area contributed by atoms with E-state index in [-0.39, 0.29) is 42.7 Å². The third-order valence-corrected chi connectivity index (χ3v) is 5.67. The number of aromatic nitrogens is 2. The summed E-state index contributed by atoms with van der Waals surface area (Å²) >= 11 is 0. The molecule has 28 heavy (non-hydrogen) atoms. The minimum atomic E-state index is -0.181. The minimum Gasteiger partial charge on any atom is -0.333 e. The fraction of sp³-hybridized carbons (Fsp3) is 0.524. The predicted octanol–water partition coefficient (Wildman–Crippen LogP) is 3.72. The van der Waals surface area contributed by atoms with Gasteiger partial charge in [0.25, 0.3) is 0 Å². The van der Waals surface area contributed by atoms with Crippen LogP contribution in [-0.2, 0) is 18.3 Å². The van der Waals surface area contributed by atoms with Gasteiger partial charge in [0.15, 0.2) is 0 Å². The average Bonchev–Trinajstić information content (AvgIpc) is 2.92. The van der Waals surface area contributed by atoms with Gasteiger partial charge in [-0.2, -0.15) is 5.10 Å². The maximum atomic E-state index is 13.4. The highest BCUT2D eigenvalue weighted by Crippen LogP contribution is 2.30. The Hall–Kier alpha value is -1.56. The van der Waals surface area contributed by atoms with Gasteiger partial charge in [-0.25, -0.2) is 0 Å². The van der Waals surface area contributed by atoms with Crippen LogP contribution >= 0.6 is 24.8 Å². The molecule has 1 aromatic carbocycles. The fourth-order valence-corrected chi connectivity index (χ4v) is 4.03. The molecule has 1 fully saturated rings. The molecule has 2 aromatic rings. The number of nitrogens with zero attached hydrogens (tertiary/aromatic N) is 3. The van der Waals surface area contributed by atoms with E-state index in [2.05, 4.69) is 41.6 Å². The molecule has 1 aliphatic heterocycles. The van der Waals surface area contributed by atoms with Crippen molar-refractivity contribution in [3.05, 3.63) is 52.3 Å². The summed E-state index contributed by atoms with van der Waals surface area (Å²) in [5.74, 6) is 0.00878. The lowest BCUT2D eigenvalue weighted by molar-refractivity contribution is -0.135. The van der Waals surface area contributed by atoms with E-state index < -0.39 is 0 Å². The highest BCUT2D eigenvalue weighted by Gasteiger charge is 2.33. The summed E-state index contributed by atoms with van der Waals surface area (Å²) in [5.41, 5.74) is 5.61. The van der Waals surface area contributed by atoms with Crippen molar-refractivity contribution in [2.75, 3.05) is 19.6 Å². The first-order chi connectivity index (χ1) is 12.4. The summed E-state index contributed by atoms with van der Waals surface area (Å²) in [6, 6.07) is 8.77. The predicted molar refractivity (Wildman–Crippen MR) is 119 cm³/mol. The summed E-state index contributed by atoms with van der Waals surface area (Å²) in [5, 5.41) is 7.93. The van der Waals surface area contributed by atoms with E-state index in [9.17, 15) is 4.79 Å². The lowest BCUT2D eigenvalue weighted by atomic mass is 9.94. The molecule has 1 saturated heterocycles. The van der Waals surface area contributed by atoms with Crippen molar-refractivity contribution in [1.82, 2.24) is 20.0 Å². The van der Waals surface area contributed by atoms with Crippen LogP contribution in [0.3, 0.4) is 0 Å². The number of hydrogen-bond acceptors (Lipinski definition) is 3. The number of halogens is 2. The molecule has 0 saturated carbocycles. The Labute approximate surface area is 180 Å². The molecule has 2 unspecified atom stereocenters. The van der Waals surface area contributed by atoms with E-state index in [0.717, 1.165) is 43.0 Å². The van der Waals surface area contributed by atoms with Gasteiger partial charge in [-0.1, -0.05) is 31.2 Å². The number of aryl methyl sites for hydroxylation is 3. The first-order valence-corrected chi connectivity index (χ1v) is 9.54. The third kappa shape index (κ3) is 4.70. The standard InChI is InChI=1S/C21H30N4O.2ClH/c1-6-17-7-9-18(10-8-17)19-13-22-11-12-25(19)21(26)14(2)20-15(3)23-24(5)16(20)4;;/h7-10,14,19,22H,6,11-13H2,1-5H3;2*1H. The van der Waals surface area contributed by atoms with Gasteiger partial charge < -0.3 is 10.2 Å². The molecule has 5 nitrogen and oxygen atoms in total. The molecular formula is C21H32Cl2N4O. The zero-order valence-electron chi connectivity index (χ0n) is 17.4. The molecule has 2 heterocycles. The van der Waals surface area contributed by atoms with E-state index in [1.807, 2.05) is 37.4 Å². The average molecular weight is 427 g/mol. The van der Waals surface area contributed by atoms with Crippen LogP contribution in [0.25, 0.3) is 0 Å². The number of carbonyl (C=O) groups excluding carboxylic acids is 1. The number of hydrogen-bond donors (Lipinski definition) is 1. The second-order valence-corrected chi connectivity index (χ2v) is 7.28. The normalized spacial score (nSPS) is 17.5. The summed E-state index contributed by atoms with van der Waals surface area (Å²) in [4.78, 5) is 15.4. The highest BCUT2D eigenvalue weighted by molar-refractivity contribution is 5.86. The second kappa shape index (κ2) is 10.3. The molecule has 0 bridgehead atoms. The quantitative estimate of drug-likeness (QED) is 0.809. The Kier molecular flexibility index (Phi) is 8.99. The van der Waals surface area contributed by atoms with E-state index >= 15 is 0 Å². The van der Waals surface area contributed by atoms with Crippen LogP contribution in [0.2, 0.25) is 0 Å². The van der Waals surface area contributed by atoms with Crippen LogP contribution in [0.4, 0.5) is 0 Å². The third-order valence-electron chi connectivity index (χ3n) is 5.67. The highest BCUT2D eigenvalue weighted by atomic mass is 35.5. The van der Waals surface area contributed by atoms with Crippen molar-refractivity contribution < 1.29 is 4.79 Å². The van der Waals surface area contributed by atoms with Crippen molar-refractivity contribution in [3.8, 4) is 0 Å². The Morgan fingerprint density at radius 1 is 1.25 bits per heavy atom. The first kappa shape index (κ1) is 24.5. The summed E-state index contributed by atoms with van der Waals surface area (Å²) in [6.45, 7) is 10.6. The van der Waals surface area contributed by atoms with Gasteiger partial charge in [0, 0.05) is 37.9 Å². The monoisotopic (exact) mass is 426 g/mol. The molecule has 3 rings (SSSR count). The Morgan fingerprint density at radius 3 is 2.43 bits per heavy atom. The Balaban J connectivity index is 0.00000196. The van der Waals surface area contributed by atoms with Crippen LogP contribution in [-0.4, -0.2) is 40.2 Å². The van der Waals surface area contributed by atoms with E-state index in [4.69, 9.17) is 0 Å². The lowest BCUT2D eigenvalue weighted by Crippen LogP contribution is -2.49. The van der Waals surface area contributed by atoms with Crippen LogP contribution < -0.4 is 5.32 Å². The summed E-state index contributed by atoms with van der Waals surface area (Å²) < 4.78 is 1.87. The largest absolute Gasteiger partial charge is 0.333 e. The van der Waals surface area contributed by atoms with Crippen molar-refractivity contribution in [1.29, 1.82) is 0 Å². The second-order valence-electron chi connectivity index (χ2n) is 7.28. The molecule has 1 amide bonds. The summed E-state index contributed by atoms with van der Waals surface area (Å²) in [7, 11) is 1.94. The zero-order chi connectivity index (χ0) is 18.8. The van der Waals surface area contributed by atoms with E-state index in [0.29, 0.717) is 0 Å². The van der Waals surface area contributed by atoms with Crippen molar-refractivity contribution in [2.45, 2.75) is 46.1 Å². The van der Waals surface area contributed by atoms with Gasteiger partial charge in [0.1, 0.15) is 0 Å². The molecule has 1 aliphatic rings. The first-order valence-electron chi connectivity index (χ1n) is 9.54. The van der Waals surface area contributed by atoms with Crippen LogP contribution in [0.5, 0.6) is 0 Å². The van der Waals surface area contributed by atoms with Gasteiger partial charge in [-0.15, -0.1) is 24.8 Å². The fourth-order valence-electron chi connectivity index (χ4n) is 4.03. The molecule has 1 N–H and O–H groups in total. The molecule has 2 atom stereocenters. The van der Waals surface area contributed by atoms with E-state index in [1.54, 1.807) is 0 Å². The van der Waals surface area contributed by atoms with Crippen molar-refractivity contribution in [3.63, 3.8) is 0 Å². The van der Waals surface area contributed by atoms with Gasteiger partial charge in [-0.05, 0) is 38.3 Å². The minimum absolute atomic E-state index is 0. The number of nitrogens with one attached hydrogen (secondary N) is 1. The van der Waals surface area contributed by atoms with Gasteiger partial charge in [0.2, 0.25) is 5.91 Å². The Morgan fingerprint density at radius 2 is 1.89 bits per heavy atom. The maximum absolute atomic E-state index is 13.4. The van der Waals surface area contributed by atoms with Crippen LogP contribution in [0.1, 0.15) is 53.9 Å². The van der Waals surface area contributed by atoms with Crippen LogP contribution in [0.15, 0.2) is 24.3 Å². The van der Waals surface area contributed by atoms with Crippen molar-refractivity contribution in [2.24, 2.45) is 7.05 Å². The topological polar surface area (TPSA) is 50.2 Å². The lowest BCUT2D eigenvalue weighted by Gasteiger charge is -2.38.